The lowest BCUT2D eigenvalue weighted by Crippen LogP contribution is -2.07. The zero-order chi connectivity index (χ0) is 13.0. The van der Waals surface area contributed by atoms with Crippen LogP contribution in [-0.4, -0.2) is 14.8 Å². The molecule has 2 rings (SSSR count). The van der Waals surface area contributed by atoms with Crippen molar-refractivity contribution >= 4 is 15.9 Å². The number of aryl methyl sites for hydroxylation is 1. The average molecular weight is 308 g/mol. The molecule has 0 spiro atoms. The summed E-state index contributed by atoms with van der Waals surface area (Å²) in [5, 5.41) is 9.33. The first-order valence-corrected chi connectivity index (χ1v) is 7.39. The van der Waals surface area contributed by atoms with Crippen LogP contribution in [-0.2, 0) is 18.3 Å². The van der Waals surface area contributed by atoms with Gasteiger partial charge in [0.15, 0.2) is 0 Å². The number of benzene rings is 1. The fraction of sp³-hybridized carbons (Fsp3) is 0.429. The van der Waals surface area contributed by atoms with E-state index in [-0.39, 0.29) is 0 Å². The maximum absolute atomic E-state index is 4.32. The summed E-state index contributed by atoms with van der Waals surface area (Å²) in [6.07, 6.45) is 1.95. The molecule has 0 atom stereocenters. The number of halogens is 1. The molecule has 0 unspecified atom stereocenters. The van der Waals surface area contributed by atoms with Crippen molar-refractivity contribution in [2.75, 3.05) is 0 Å². The Hall–Kier alpha value is -1.16. The lowest BCUT2D eigenvalue weighted by molar-refractivity contribution is 0.628. The first kappa shape index (κ1) is 13.3. The van der Waals surface area contributed by atoms with Crippen LogP contribution >= 0.6 is 15.9 Å². The van der Waals surface area contributed by atoms with Crippen LogP contribution in [0.3, 0.4) is 0 Å². The van der Waals surface area contributed by atoms with Crippen LogP contribution in [0, 0.1) is 6.92 Å². The van der Waals surface area contributed by atoms with E-state index in [1.54, 1.807) is 0 Å². The molecule has 0 aliphatic rings. The second-order valence-electron chi connectivity index (χ2n) is 4.42. The van der Waals surface area contributed by atoms with E-state index < -0.39 is 0 Å². The van der Waals surface area contributed by atoms with Gasteiger partial charge in [-0.05, 0) is 24.5 Å². The molecular formula is C14H18BrN3. The predicted octanol–water partition coefficient (Wildman–Crippen LogP) is 3.48. The molecule has 0 fully saturated rings. The fourth-order valence-corrected chi connectivity index (χ4v) is 2.48. The molecule has 4 heteroatoms. The average Bonchev–Trinajstić information content (AvgIpc) is 2.75. The number of aromatic nitrogens is 3. The maximum Gasteiger partial charge on any atom is 0.143 e. The van der Waals surface area contributed by atoms with Crippen LogP contribution in [0.4, 0.5) is 0 Å². The van der Waals surface area contributed by atoms with E-state index in [0.29, 0.717) is 0 Å². The molecule has 0 amide bonds. The zero-order valence-electron chi connectivity index (χ0n) is 10.9. The lowest BCUT2D eigenvalue weighted by atomic mass is 10.1. The molecule has 0 aliphatic carbocycles. The molecule has 1 aromatic heterocycles. The second-order valence-corrected chi connectivity index (χ2v) is 4.98. The standard InChI is InChI=1S/C14H18BrN3/c1-3-8-18-13(16-17-14(18)10-15)9-12-7-5-4-6-11(12)2/h4-7H,3,8-10H2,1-2H3. The summed E-state index contributed by atoms with van der Waals surface area (Å²) in [4.78, 5) is 0. The van der Waals surface area contributed by atoms with Crippen molar-refractivity contribution in [3.05, 3.63) is 47.0 Å². The third-order valence-corrected chi connectivity index (χ3v) is 3.58. The van der Waals surface area contributed by atoms with Crippen LogP contribution in [0.15, 0.2) is 24.3 Å². The first-order chi connectivity index (χ1) is 8.76. The van der Waals surface area contributed by atoms with Crippen LogP contribution in [0.25, 0.3) is 0 Å². The van der Waals surface area contributed by atoms with Crippen molar-refractivity contribution in [3.8, 4) is 0 Å². The third-order valence-electron chi connectivity index (χ3n) is 3.08. The minimum absolute atomic E-state index is 0.758. The molecule has 1 heterocycles. The summed E-state index contributed by atoms with van der Waals surface area (Å²) in [6.45, 7) is 5.30. The summed E-state index contributed by atoms with van der Waals surface area (Å²) in [5.74, 6) is 2.07. The highest BCUT2D eigenvalue weighted by molar-refractivity contribution is 9.08. The van der Waals surface area contributed by atoms with Gasteiger partial charge in [-0.1, -0.05) is 47.1 Å². The largest absolute Gasteiger partial charge is 0.314 e. The highest BCUT2D eigenvalue weighted by Gasteiger charge is 2.11. The zero-order valence-corrected chi connectivity index (χ0v) is 12.4. The van der Waals surface area contributed by atoms with E-state index in [2.05, 4.69) is 68.8 Å². The van der Waals surface area contributed by atoms with Gasteiger partial charge in [0.05, 0.1) is 5.33 Å². The second kappa shape index (κ2) is 6.14. The van der Waals surface area contributed by atoms with Crippen LogP contribution in [0.2, 0.25) is 0 Å². The Morgan fingerprint density at radius 2 is 1.89 bits per heavy atom. The van der Waals surface area contributed by atoms with E-state index in [0.717, 1.165) is 36.4 Å². The highest BCUT2D eigenvalue weighted by Crippen LogP contribution is 2.15. The van der Waals surface area contributed by atoms with Crippen LogP contribution in [0.5, 0.6) is 0 Å². The molecule has 0 saturated heterocycles. The van der Waals surface area contributed by atoms with Crippen LogP contribution in [0.1, 0.15) is 36.1 Å². The number of rotatable bonds is 5. The molecule has 0 bridgehead atoms. The van der Waals surface area contributed by atoms with Crippen molar-refractivity contribution in [1.82, 2.24) is 14.8 Å². The Morgan fingerprint density at radius 1 is 1.17 bits per heavy atom. The Bertz CT molecular complexity index is 520. The Balaban J connectivity index is 2.29. The van der Waals surface area contributed by atoms with Crippen molar-refractivity contribution in [1.29, 1.82) is 0 Å². The smallest absolute Gasteiger partial charge is 0.143 e. The summed E-state index contributed by atoms with van der Waals surface area (Å²) >= 11 is 3.47. The van der Waals surface area contributed by atoms with Crippen molar-refractivity contribution in [3.63, 3.8) is 0 Å². The fourth-order valence-electron chi connectivity index (χ4n) is 2.06. The van der Waals surface area contributed by atoms with Gasteiger partial charge in [-0.25, -0.2) is 0 Å². The number of alkyl halides is 1. The van der Waals surface area contributed by atoms with Gasteiger partial charge >= 0.3 is 0 Å². The highest BCUT2D eigenvalue weighted by atomic mass is 79.9. The maximum atomic E-state index is 4.32. The quantitative estimate of drug-likeness (QED) is 0.792. The summed E-state index contributed by atoms with van der Waals surface area (Å²) in [5.41, 5.74) is 2.63. The number of hydrogen-bond donors (Lipinski definition) is 0. The molecule has 96 valence electrons. The Labute approximate surface area is 116 Å². The topological polar surface area (TPSA) is 30.7 Å². The van der Waals surface area contributed by atoms with Crippen molar-refractivity contribution in [2.24, 2.45) is 0 Å². The minimum atomic E-state index is 0.758. The lowest BCUT2D eigenvalue weighted by Gasteiger charge is -2.09. The minimum Gasteiger partial charge on any atom is -0.314 e. The van der Waals surface area contributed by atoms with E-state index in [1.165, 1.54) is 11.1 Å². The van der Waals surface area contributed by atoms with E-state index >= 15 is 0 Å². The van der Waals surface area contributed by atoms with Gasteiger partial charge in [-0.15, -0.1) is 10.2 Å². The molecular weight excluding hydrogens is 290 g/mol. The van der Waals surface area contributed by atoms with Gasteiger partial charge in [-0.3, -0.25) is 0 Å². The summed E-state index contributed by atoms with van der Waals surface area (Å²) < 4.78 is 2.22. The van der Waals surface area contributed by atoms with Crippen molar-refractivity contribution < 1.29 is 0 Å². The third kappa shape index (κ3) is 2.80. The molecule has 2 aromatic rings. The predicted molar refractivity (Wildman–Crippen MR) is 76.9 cm³/mol. The van der Waals surface area contributed by atoms with E-state index in [4.69, 9.17) is 0 Å². The van der Waals surface area contributed by atoms with Crippen molar-refractivity contribution in [2.45, 2.75) is 38.6 Å². The molecule has 0 aliphatic heterocycles. The summed E-state index contributed by atoms with van der Waals surface area (Å²) in [7, 11) is 0. The molecule has 0 saturated carbocycles. The Morgan fingerprint density at radius 3 is 2.56 bits per heavy atom. The normalized spacial score (nSPS) is 10.8. The number of hydrogen-bond acceptors (Lipinski definition) is 2. The molecule has 18 heavy (non-hydrogen) atoms. The van der Waals surface area contributed by atoms with Crippen LogP contribution < -0.4 is 0 Å². The first-order valence-electron chi connectivity index (χ1n) is 6.27. The van der Waals surface area contributed by atoms with Gasteiger partial charge in [0.25, 0.3) is 0 Å². The van der Waals surface area contributed by atoms with Gasteiger partial charge in [0.1, 0.15) is 11.6 Å². The van der Waals surface area contributed by atoms with E-state index in [9.17, 15) is 0 Å². The van der Waals surface area contributed by atoms with Gasteiger partial charge < -0.3 is 4.57 Å². The molecule has 3 nitrogen and oxygen atoms in total. The van der Waals surface area contributed by atoms with E-state index in [1.807, 2.05) is 0 Å². The SMILES string of the molecule is CCCn1c(CBr)nnc1Cc1ccccc1C. The molecule has 0 radical (unpaired) electrons. The van der Waals surface area contributed by atoms with Gasteiger partial charge in [0.2, 0.25) is 0 Å². The van der Waals surface area contributed by atoms with Gasteiger partial charge in [0, 0.05) is 13.0 Å². The molecule has 0 N–H and O–H groups in total. The molecule has 1 aromatic carbocycles. The van der Waals surface area contributed by atoms with Gasteiger partial charge in [-0.2, -0.15) is 0 Å². The number of nitrogens with zero attached hydrogens (tertiary/aromatic N) is 3. The monoisotopic (exact) mass is 307 g/mol. The Kier molecular flexibility index (Phi) is 4.53. The summed E-state index contributed by atoms with van der Waals surface area (Å²) in [6, 6.07) is 8.45.